The molecule has 3 rings (SSSR count). The molecule has 1 unspecified atom stereocenters. The van der Waals surface area contributed by atoms with Crippen molar-refractivity contribution in [3.05, 3.63) is 47.9 Å². The van der Waals surface area contributed by atoms with E-state index in [0.29, 0.717) is 11.6 Å². The van der Waals surface area contributed by atoms with Crippen molar-refractivity contribution in [3.8, 4) is 0 Å². The fraction of sp³-hybridized carbons (Fsp3) is 0.429. The predicted octanol–water partition coefficient (Wildman–Crippen LogP) is 4.25. The lowest BCUT2D eigenvalue weighted by atomic mass is 10.2. The number of nitrogen functional groups attached to an aromatic ring is 1. The van der Waals surface area contributed by atoms with Crippen LogP contribution in [0.25, 0.3) is 11.0 Å². The van der Waals surface area contributed by atoms with Gasteiger partial charge in [-0.1, -0.05) is 31.5 Å². The summed E-state index contributed by atoms with van der Waals surface area (Å²) in [5.74, 6) is 2.31. The molecule has 2 N–H and O–H groups in total. The number of pyridine rings is 1. The SMILES string of the molecule is CCCc1nc2c(N)ncc(C)c2n1CCCCCS(=O)c1ccccc1. The lowest BCUT2D eigenvalue weighted by Gasteiger charge is -2.10. The number of hydrogen-bond acceptors (Lipinski definition) is 4. The zero-order chi connectivity index (χ0) is 19.2. The van der Waals surface area contributed by atoms with Crippen LogP contribution in [0.3, 0.4) is 0 Å². The van der Waals surface area contributed by atoms with Crippen molar-refractivity contribution >= 4 is 27.7 Å². The van der Waals surface area contributed by atoms with Crippen molar-refractivity contribution in [1.29, 1.82) is 0 Å². The van der Waals surface area contributed by atoms with Crippen molar-refractivity contribution in [2.45, 2.75) is 57.4 Å². The highest BCUT2D eigenvalue weighted by Crippen LogP contribution is 2.25. The lowest BCUT2D eigenvalue weighted by Crippen LogP contribution is -2.06. The first kappa shape index (κ1) is 19.5. The molecular formula is C21H28N4OS. The fourth-order valence-corrected chi connectivity index (χ4v) is 4.55. The Balaban J connectivity index is 1.62. The number of nitrogens with zero attached hydrogens (tertiary/aromatic N) is 3. The van der Waals surface area contributed by atoms with Gasteiger partial charge >= 0.3 is 0 Å². The number of anilines is 1. The molecule has 2 heterocycles. The summed E-state index contributed by atoms with van der Waals surface area (Å²) in [5.41, 5.74) is 9.09. The van der Waals surface area contributed by atoms with Crippen LogP contribution in [0.1, 0.15) is 44.0 Å². The topological polar surface area (TPSA) is 73.8 Å². The van der Waals surface area contributed by atoms with Crippen LogP contribution in [-0.2, 0) is 23.8 Å². The van der Waals surface area contributed by atoms with Gasteiger partial charge in [0.15, 0.2) is 5.82 Å². The molecule has 0 aliphatic carbocycles. The predicted molar refractivity (Wildman–Crippen MR) is 112 cm³/mol. The van der Waals surface area contributed by atoms with Crippen molar-refractivity contribution in [2.24, 2.45) is 0 Å². The number of imidazole rings is 1. The van der Waals surface area contributed by atoms with Gasteiger partial charge < -0.3 is 10.3 Å². The van der Waals surface area contributed by atoms with Gasteiger partial charge in [-0.2, -0.15) is 0 Å². The van der Waals surface area contributed by atoms with E-state index in [4.69, 9.17) is 10.7 Å². The zero-order valence-electron chi connectivity index (χ0n) is 16.1. The molecule has 0 aliphatic heterocycles. The molecular weight excluding hydrogens is 356 g/mol. The van der Waals surface area contributed by atoms with Crippen molar-refractivity contribution in [2.75, 3.05) is 11.5 Å². The number of hydrogen-bond donors (Lipinski definition) is 1. The van der Waals surface area contributed by atoms with Gasteiger partial charge in [-0.05, 0) is 43.9 Å². The van der Waals surface area contributed by atoms with E-state index in [2.05, 4.69) is 23.4 Å². The molecule has 6 heteroatoms. The maximum atomic E-state index is 12.3. The Morgan fingerprint density at radius 2 is 1.93 bits per heavy atom. The Morgan fingerprint density at radius 3 is 2.67 bits per heavy atom. The van der Waals surface area contributed by atoms with Gasteiger partial charge in [-0.15, -0.1) is 0 Å². The molecule has 1 aromatic carbocycles. The third kappa shape index (κ3) is 4.56. The van der Waals surface area contributed by atoms with E-state index in [1.54, 1.807) is 0 Å². The monoisotopic (exact) mass is 384 g/mol. The van der Waals surface area contributed by atoms with Crippen LogP contribution in [-0.4, -0.2) is 24.5 Å². The molecule has 5 nitrogen and oxygen atoms in total. The Bertz CT molecular complexity index is 921. The summed E-state index contributed by atoms with van der Waals surface area (Å²) >= 11 is 0. The molecule has 2 aromatic heterocycles. The van der Waals surface area contributed by atoms with E-state index in [9.17, 15) is 4.21 Å². The minimum atomic E-state index is -0.904. The summed E-state index contributed by atoms with van der Waals surface area (Å²) in [7, 11) is -0.904. The quantitative estimate of drug-likeness (QED) is 0.560. The Kier molecular flexibility index (Phi) is 6.61. The van der Waals surface area contributed by atoms with Crippen molar-refractivity contribution < 1.29 is 4.21 Å². The molecule has 144 valence electrons. The summed E-state index contributed by atoms with van der Waals surface area (Å²) in [4.78, 5) is 9.92. The fourth-order valence-electron chi connectivity index (χ4n) is 3.39. The summed E-state index contributed by atoms with van der Waals surface area (Å²) in [6.45, 7) is 5.14. The molecule has 3 aromatic rings. The Labute approximate surface area is 163 Å². The summed E-state index contributed by atoms with van der Waals surface area (Å²) in [6, 6.07) is 9.71. The first-order valence-corrected chi connectivity index (χ1v) is 11.0. The molecule has 0 amide bonds. The van der Waals surface area contributed by atoms with Gasteiger partial charge in [-0.25, -0.2) is 9.97 Å². The molecule has 0 saturated heterocycles. The summed E-state index contributed by atoms with van der Waals surface area (Å²) < 4.78 is 14.6. The second-order valence-electron chi connectivity index (χ2n) is 6.88. The van der Waals surface area contributed by atoms with Gasteiger partial charge in [0.25, 0.3) is 0 Å². The van der Waals surface area contributed by atoms with Crippen LogP contribution in [0.5, 0.6) is 0 Å². The van der Waals surface area contributed by atoms with E-state index >= 15 is 0 Å². The van der Waals surface area contributed by atoms with Crippen LogP contribution in [0.15, 0.2) is 41.4 Å². The van der Waals surface area contributed by atoms with Crippen molar-refractivity contribution in [3.63, 3.8) is 0 Å². The van der Waals surface area contributed by atoms with E-state index in [0.717, 1.165) is 66.0 Å². The van der Waals surface area contributed by atoms with Crippen molar-refractivity contribution in [1.82, 2.24) is 14.5 Å². The van der Waals surface area contributed by atoms with Gasteiger partial charge in [0.05, 0.1) is 16.3 Å². The Hall–Kier alpha value is -2.21. The third-order valence-electron chi connectivity index (χ3n) is 4.75. The van der Waals surface area contributed by atoms with E-state index < -0.39 is 10.8 Å². The molecule has 0 saturated carbocycles. The number of aromatic nitrogens is 3. The molecule has 0 fully saturated rings. The molecule has 0 bridgehead atoms. The average Bonchev–Trinajstić information content (AvgIpc) is 3.05. The second-order valence-corrected chi connectivity index (χ2v) is 8.45. The van der Waals surface area contributed by atoms with Gasteiger partial charge in [0.1, 0.15) is 11.3 Å². The highest BCUT2D eigenvalue weighted by molar-refractivity contribution is 7.85. The largest absolute Gasteiger partial charge is 0.382 e. The van der Waals surface area contributed by atoms with E-state index in [1.807, 2.05) is 36.5 Å². The number of nitrogens with two attached hydrogens (primary N) is 1. The first-order valence-electron chi connectivity index (χ1n) is 9.65. The highest BCUT2D eigenvalue weighted by Gasteiger charge is 2.15. The maximum absolute atomic E-state index is 12.3. The summed E-state index contributed by atoms with van der Waals surface area (Å²) in [5, 5.41) is 0. The normalized spacial score (nSPS) is 12.5. The van der Waals surface area contributed by atoms with Crippen LogP contribution in [0, 0.1) is 6.92 Å². The Morgan fingerprint density at radius 1 is 1.15 bits per heavy atom. The van der Waals surface area contributed by atoms with Gasteiger partial charge in [0.2, 0.25) is 0 Å². The van der Waals surface area contributed by atoms with Gasteiger partial charge in [-0.3, -0.25) is 4.21 Å². The smallest absolute Gasteiger partial charge is 0.151 e. The second kappa shape index (κ2) is 9.13. The van der Waals surface area contributed by atoms with Crippen LogP contribution < -0.4 is 5.73 Å². The lowest BCUT2D eigenvalue weighted by molar-refractivity contribution is 0.587. The molecule has 0 spiro atoms. The van der Waals surface area contributed by atoms with Crippen LogP contribution >= 0.6 is 0 Å². The molecule has 0 aliphatic rings. The highest BCUT2D eigenvalue weighted by atomic mass is 32.2. The summed E-state index contributed by atoms with van der Waals surface area (Å²) in [6.07, 6.45) is 6.85. The number of fused-ring (bicyclic) bond motifs is 1. The van der Waals surface area contributed by atoms with E-state index in [1.165, 1.54) is 0 Å². The maximum Gasteiger partial charge on any atom is 0.151 e. The molecule has 0 radical (unpaired) electrons. The first-order chi connectivity index (χ1) is 13.1. The minimum Gasteiger partial charge on any atom is -0.382 e. The van der Waals surface area contributed by atoms with E-state index in [-0.39, 0.29) is 0 Å². The van der Waals surface area contributed by atoms with Gasteiger partial charge in [0, 0.05) is 29.8 Å². The van der Waals surface area contributed by atoms with Crippen LogP contribution in [0.4, 0.5) is 5.82 Å². The third-order valence-corrected chi connectivity index (χ3v) is 6.21. The number of rotatable bonds is 9. The average molecular weight is 385 g/mol. The zero-order valence-corrected chi connectivity index (χ0v) is 17.0. The standard InChI is InChI=1S/C21H28N4OS/c1-3-10-18-24-19-20(16(2)15-23-21(19)22)25(18)13-8-5-9-14-27(26)17-11-6-4-7-12-17/h4,6-7,11-12,15H,3,5,8-10,13-14H2,1-2H3,(H2,22,23). The minimum absolute atomic E-state index is 0.505. The number of unbranched alkanes of at least 4 members (excludes halogenated alkanes) is 2. The molecule has 1 atom stereocenters. The molecule has 27 heavy (non-hydrogen) atoms. The van der Waals surface area contributed by atoms with Crippen LogP contribution in [0.2, 0.25) is 0 Å². The number of benzene rings is 1. The number of aryl methyl sites for hydroxylation is 3.